The van der Waals surface area contributed by atoms with E-state index in [1.807, 2.05) is 0 Å². The van der Waals surface area contributed by atoms with E-state index in [1.165, 1.54) is 12.1 Å². The summed E-state index contributed by atoms with van der Waals surface area (Å²) in [5.74, 6) is -2.10. The second-order valence-electron chi connectivity index (χ2n) is 5.67. The average molecular weight is 300 g/mol. The number of phenolic OH excluding ortho intramolecular Hbond substituents is 1. The van der Waals surface area contributed by atoms with E-state index in [1.54, 1.807) is 0 Å². The summed E-state index contributed by atoms with van der Waals surface area (Å²) in [4.78, 5) is 0. The number of amidine groups is 1. The molecule has 1 rings (SSSR count). The number of benzene rings is 1. The van der Waals surface area contributed by atoms with Crippen LogP contribution in [0.4, 0.5) is 4.39 Å². The van der Waals surface area contributed by atoms with Crippen molar-refractivity contribution in [2.24, 2.45) is 5.73 Å². The summed E-state index contributed by atoms with van der Waals surface area (Å²) in [5.41, 5.74) is 5.03. The maximum atomic E-state index is 13.7. The van der Waals surface area contributed by atoms with Crippen molar-refractivity contribution in [2.75, 3.05) is 13.4 Å². The minimum absolute atomic E-state index is 0.0273. The van der Waals surface area contributed by atoms with Gasteiger partial charge in [0.2, 0.25) is 0 Å². The molecule has 0 heterocycles. The highest BCUT2D eigenvalue weighted by Crippen LogP contribution is 2.30. The normalized spacial score (nSPS) is 11.4. The van der Waals surface area contributed by atoms with Crippen LogP contribution < -0.4 is 10.5 Å². The molecule has 0 spiro atoms. The van der Waals surface area contributed by atoms with Crippen LogP contribution in [0, 0.1) is 11.2 Å². The van der Waals surface area contributed by atoms with Crippen LogP contribution in [0.3, 0.4) is 0 Å². The Hall–Kier alpha value is -1.60. The molecule has 0 atom stereocenters. The lowest BCUT2D eigenvalue weighted by molar-refractivity contribution is 0.0202. The molecule has 0 aromatic heterocycles. The van der Waals surface area contributed by atoms with Gasteiger partial charge in [-0.1, -0.05) is 19.6 Å². The van der Waals surface area contributed by atoms with Crippen molar-refractivity contribution >= 4 is 13.9 Å². The maximum absolute atomic E-state index is 13.7. The average Bonchev–Trinajstić information content (AvgIpc) is 2.32. The van der Waals surface area contributed by atoms with Gasteiger partial charge >= 0.3 is 0 Å². The van der Waals surface area contributed by atoms with Gasteiger partial charge in [-0.05, 0) is 18.2 Å². The molecule has 0 aliphatic heterocycles. The largest absolute Gasteiger partial charge is 0.502 e. The van der Waals surface area contributed by atoms with E-state index in [0.717, 1.165) is 6.04 Å². The molecule has 0 bridgehead atoms. The number of halogens is 1. The molecule has 20 heavy (non-hydrogen) atoms. The van der Waals surface area contributed by atoms with Crippen molar-refractivity contribution in [1.29, 1.82) is 5.41 Å². The monoisotopic (exact) mass is 300 g/mol. The van der Waals surface area contributed by atoms with Gasteiger partial charge in [0.15, 0.2) is 24.1 Å². The van der Waals surface area contributed by atoms with E-state index in [2.05, 4.69) is 19.6 Å². The number of phenols is 1. The predicted octanol–water partition coefficient (Wildman–Crippen LogP) is 2.51. The van der Waals surface area contributed by atoms with E-state index in [9.17, 15) is 9.50 Å². The Morgan fingerprint density at radius 3 is 2.60 bits per heavy atom. The maximum Gasteiger partial charge on any atom is 0.195 e. The molecule has 112 valence electrons. The van der Waals surface area contributed by atoms with E-state index >= 15 is 0 Å². The Balaban J connectivity index is 2.53. The third kappa shape index (κ3) is 4.82. The van der Waals surface area contributed by atoms with Crippen molar-refractivity contribution < 1.29 is 19.0 Å². The number of aromatic hydroxyl groups is 1. The molecule has 0 aliphatic carbocycles. The summed E-state index contributed by atoms with van der Waals surface area (Å²) in [6, 6.07) is 3.64. The van der Waals surface area contributed by atoms with Crippen LogP contribution >= 0.6 is 0 Å². The van der Waals surface area contributed by atoms with Crippen molar-refractivity contribution in [1.82, 2.24) is 0 Å². The summed E-state index contributed by atoms with van der Waals surface area (Å²) < 4.78 is 24.1. The minimum atomic E-state index is -1.15. The summed E-state index contributed by atoms with van der Waals surface area (Å²) in [6.45, 7) is 7.22. The Morgan fingerprint density at radius 2 is 2.05 bits per heavy atom. The molecular formula is C13H21FN2O3Si. The number of ether oxygens (including phenoxy) is 2. The zero-order valence-corrected chi connectivity index (χ0v) is 13.0. The molecule has 4 N–H and O–H groups in total. The van der Waals surface area contributed by atoms with Crippen LogP contribution in [0.2, 0.25) is 25.7 Å². The smallest absolute Gasteiger partial charge is 0.195 e. The molecule has 0 saturated carbocycles. The quantitative estimate of drug-likeness (QED) is 0.237. The van der Waals surface area contributed by atoms with Crippen LogP contribution in [-0.2, 0) is 4.74 Å². The summed E-state index contributed by atoms with van der Waals surface area (Å²) in [5, 5.41) is 16.8. The number of hydrogen-bond acceptors (Lipinski definition) is 4. The van der Waals surface area contributed by atoms with E-state index < -0.39 is 25.5 Å². The zero-order valence-electron chi connectivity index (χ0n) is 12.0. The molecule has 7 heteroatoms. The van der Waals surface area contributed by atoms with Gasteiger partial charge in [-0.3, -0.25) is 5.41 Å². The fourth-order valence-corrected chi connectivity index (χ4v) is 2.17. The second kappa shape index (κ2) is 6.71. The first-order chi connectivity index (χ1) is 9.22. The van der Waals surface area contributed by atoms with Gasteiger partial charge in [0, 0.05) is 14.7 Å². The first-order valence-corrected chi connectivity index (χ1v) is 9.99. The van der Waals surface area contributed by atoms with E-state index in [-0.39, 0.29) is 18.1 Å². The van der Waals surface area contributed by atoms with E-state index in [0.29, 0.717) is 6.61 Å². The first-order valence-electron chi connectivity index (χ1n) is 6.29. The first kappa shape index (κ1) is 16.5. The van der Waals surface area contributed by atoms with Gasteiger partial charge < -0.3 is 20.3 Å². The predicted molar refractivity (Wildman–Crippen MR) is 78.7 cm³/mol. The molecule has 0 amide bonds. The molecule has 0 saturated heterocycles. The summed E-state index contributed by atoms with van der Waals surface area (Å²) in [7, 11) is -1.15. The van der Waals surface area contributed by atoms with Gasteiger partial charge in [-0.15, -0.1) is 0 Å². The summed E-state index contributed by atoms with van der Waals surface area (Å²) in [6.07, 6.45) is 0. The molecular weight excluding hydrogens is 279 g/mol. The Bertz CT molecular complexity index is 489. The Labute approximate surface area is 119 Å². The number of rotatable bonds is 7. The molecule has 0 unspecified atom stereocenters. The fraction of sp³-hybridized carbons (Fsp3) is 0.462. The molecule has 1 aromatic rings. The molecule has 1 aromatic carbocycles. The third-order valence-electron chi connectivity index (χ3n) is 2.66. The lowest BCUT2D eigenvalue weighted by Crippen LogP contribution is -2.22. The van der Waals surface area contributed by atoms with Crippen LogP contribution in [0.15, 0.2) is 12.1 Å². The Kier molecular flexibility index (Phi) is 5.52. The molecule has 5 nitrogen and oxygen atoms in total. The Morgan fingerprint density at radius 1 is 1.40 bits per heavy atom. The van der Waals surface area contributed by atoms with Gasteiger partial charge in [0.1, 0.15) is 5.84 Å². The van der Waals surface area contributed by atoms with Gasteiger partial charge in [-0.2, -0.15) is 0 Å². The van der Waals surface area contributed by atoms with Crippen molar-refractivity contribution in [3.8, 4) is 11.5 Å². The van der Waals surface area contributed by atoms with Gasteiger partial charge in [0.05, 0.1) is 5.56 Å². The number of nitrogens with two attached hydrogens (primary N) is 1. The minimum Gasteiger partial charge on any atom is -0.502 e. The van der Waals surface area contributed by atoms with Crippen LogP contribution in [-0.4, -0.2) is 32.4 Å². The number of nitrogens with one attached hydrogen (secondary N) is 1. The molecule has 0 fully saturated rings. The second-order valence-corrected chi connectivity index (χ2v) is 11.3. The SMILES string of the molecule is C[Si](C)(C)CCOCOc1ccc(C(=N)N)c(F)c1O. The van der Waals surface area contributed by atoms with Crippen LogP contribution in [0.5, 0.6) is 11.5 Å². The lowest BCUT2D eigenvalue weighted by atomic mass is 10.1. The van der Waals surface area contributed by atoms with Gasteiger partial charge in [-0.25, -0.2) is 4.39 Å². The summed E-state index contributed by atoms with van der Waals surface area (Å²) >= 11 is 0. The van der Waals surface area contributed by atoms with Crippen LogP contribution in [0.1, 0.15) is 5.56 Å². The third-order valence-corrected chi connectivity index (χ3v) is 4.37. The van der Waals surface area contributed by atoms with Gasteiger partial charge in [0.25, 0.3) is 0 Å². The van der Waals surface area contributed by atoms with Crippen molar-refractivity contribution in [3.63, 3.8) is 0 Å². The van der Waals surface area contributed by atoms with Crippen molar-refractivity contribution in [2.45, 2.75) is 25.7 Å². The number of hydrogen-bond donors (Lipinski definition) is 3. The van der Waals surface area contributed by atoms with E-state index in [4.69, 9.17) is 20.6 Å². The lowest BCUT2D eigenvalue weighted by Gasteiger charge is -2.16. The molecule has 0 aliphatic rings. The van der Waals surface area contributed by atoms with Crippen LogP contribution in [0.25, 0.3) is 0 Å². The zero-order chi connectivity index (χ0) is 15.3. The highest BCUT2D eigenvalue weighted by molar-refractivity contribution is 6.76. The highest BCUT2D eigenvalue weighted by atomic mass is 28.3. The molecule has 0 radical (unpaired) electrons. The standard InChI is InChI=1S/C13H21FN2O3Si/c1-20(2,3)7-6-18-8-19-10-5-4-9(13(15)16)11(14)12(10)17/h4-5,17H,6-8H2,1-3H3,(H3,15,16). The van der Waals surface area contributed by atoms with Crippen molar-refractivity contribution in [3.05, 3.63) is 23.5 Å². The number of nitrogen functional groups attached to an aromatic ring is 1. The highest BCUT2D eigenvalue weighted by Gasteiger charge is 2.16. The fourth-order valence-electron chi connectivity index (χ4n) is 1.41. The topological polar surface area (TPSA) is 88.6 Å².